The van der Waals surface area contributed by atoms with Crippen LogP contribution < -0.4 is 11.1 Å². The highest BCUT2D eigenvalue weighted by molar-refractivity contribution is 4.70. The summed E-state index contributed by atoms with van der Waals surface area (Å²) in [5.41, 5.74) is -1.09. The molecule has 1 rings (SSSR count). The first-order chi connectivity index (χ1) is 4.29. The molecule has 0 fully saturated rings. The highest BCUT2D eigenvalue weighted by atomic mass is 16.2. The zero-order chi connectivity index (χ0) is 6.69. The third kappa shape index (κ3) is 1.45. The first-order valence-corrected chi connectivity index (χ1v) is 2.20. The Morgan fingerprint density at radius 3 is 2.00 bits per heavy atom. The minimum atomic E-state index is -0.544. The number of H-pyrrole nitrogens is 1. The van der Waals surface area contributed by atoms with E-state index in [0.29, 0.717) is 0 Å². The van der Waals surface area contributed by atoms with Gasteiger partial charge in [0.25, 0.3) is 11.1 Å². The van der Waals surface area contributed by atoms with Crippen molar-refractivity contribution in [1.29, 1.82) is 0 Å². The summed E-state index contributed by atoms with van der Waals surface area (Å²) in [5, 5.41) is 6.43. The first-order valence-electron chi connectivity index (χ1n) is 2.20. The van der Waals surface area contributed by atoms with Gasteiger partial charge >= 0.3 is 0 Å². The van der Waals surface area contributed by atoms with Crippen LogP contribution in [0.2, 0.25) is 0 Å². The van der Waals surface area contributed by atoms with E-state index in [0.717, 1.165) is 12.4 Å². The Morgan fingerprint density at radius 1 is 1.11 bits per heavy atom. The Morgan fingerprint density at radius 2 is 1.56 bits per heavy atom. The molecule has 0 aliphatic rings. The van der Waals surface area contributed by atoms with E-state index in [2.05, 4.69) is 10.2 Å². The molecule has 1 aromatic rings. The third-order valence-electron chi connectivity index (χ3n) is 0.663. The largest absolute Gasteiger partial charge is 0.286 e. The standard InChI is InChI=1S/C4H3N3O2/c8-3-1-5-6-2-4(9)7-3/h1-2H,(H,7,8,9). The summed E-state index contributed by atoms with van der Waals surface area (Å²) in [6.45, 7) is 0. The van der Waals surface area contributed by atoms with Crippen molar-refractivity contribution >= 4 is 0 Å². The van der Waals surface area contributed by atoms with Gasteiger partial charge in [0.15, 0.2) is 0 Å². The maximum Gasteiger partial charge on any atom is 0.271 e. The van der Waals surface area contributed by atoms with Gasteiger partial charge in [0.1, 0.15) is 12.4 Å². The molecule has 0 bridgehead atoms. The van der Waals surface area contributed by atoms with Crippen LogP contribution in [0, 0.1) is 0 Å². The van der Waals surface area contributed by atoms with Crippen molar-refractivity contribution < 1.29 is 0 Å². The lowest BCUT2D eigenvalue weighted by Gasteiger charge is -1.59. The number of hydrogen-bond acceptors (Lipinski definition) is 4. The molecular formula is C4H3N3O2. The van der Waals surface area contributed by atoms with E-state index in [1.165, 1.54) is 0 Å². The predicted molar refractivity (Wildman–Crippen MR) is 28.9 cm³/mol. The molecule has 0 atom stereocenters. The minimum absolute atomic E-state index is 0.544. The molecule has 0 saturated heterocycles. The molecule has 0 radical (unpaired) electrons. The SMILES string of the molecule is O=c1cnncc(=O)[nH]1. The van der Waals surface area contributed by atoms with Crippen LogP contribution in [0.4, 0.5) is 0 Å². The van der Waals surface area contributed by atoms with Crippen molar-refractivity contribution in [3.8, 4) is 0 Å². The molecule has 0 unspecified atom stereocenters. The van der Waals surface area contributed by atoms with Crippen LogP contribution in [-0.4, -0.2) is 15.2 Å². The first kappa shape index (κ1) is 5.61. The maximum atomic E-state index is 10.3. The monoisotopic (exact) mass is 125 g/mol. The van der Waals surface area contributed by atoms with E-state index >= 15 is 0 Å². The summed E-state index contributed by atoms with van der Waals surface area (Å²) in [6.07, 6.45) is 1.86. The number of rotatable bonds is 0. The van der Waals surface area contributed by atoms with Crippen molar-refractivity contribution in [2.24, 2.45) is 0 Å². The quantitative estimate of drug-likeness (QED) is 0.459. The van der Waals surface area contributed by atoms with Gasteiger partial charge in [-0.25, -0.2) is 0 Å². The van der Waals surface area contributed by atoms with Crippen molar-refractivity contribution in [2.75, 3.05) is 0 Å². The van der Waals surface area contributed by atoms with E-state index in [1.807, 2.05) is 4.98 Å². The number of nitrogens with one attached hydrogen (secondary N) is 1. The van der Waals surface area contributed by atoms with E-state index in [9.17, 15) is 9.59 Å². The van der Waals surface area contributed by atoms with Crippen LogP contribution in [0.25, 0.3) is 0 Å². The summed E-state index contributed by atoms with van der Waals surface area (Å²) >= 11 is 0. The van der Waals surface area contributed by atoms with Crippen LogP contribution in [0.15, 0.2) is 22.0 Å². The molecule has 0 aromatic carbocycles. The number of aromatic nitrogens is 3. The lowest BCUT2D eigenvalue weighted by Crippen LogP contribution is -2.11. The summed E-state index contributed by atoms with van der Waals surface area (Å²) < 4.78 is 0. The molecule has 5 heteroatoms. The van der Waals surface area contributed by atoms with E-state index < -0.39 is 11.1 Å². The lowest BCUT2D eigenvalue weighted by molar-refractivity contribution is 1.04. The van der Waals surface area contributed by atoms with Gasteiger partial charge in [-0.2, -0.15) is 10.2 Å². The molecule has 0 saturated carbocycles. The van der Waals surface area contributed by atoms with Crippen molar-refractivity contribution in [2.45, 2.75) is 0 Å². The van der Waals surface area contributed by atoms with Crippen LogP contribution in [0.5, 0.6) is 0 Å². The highest BCUT2D eigenvalue weighted by Gasteiger charge is 1.79. The number of aromatic amines is 1. The van der Waals surface area contributed by atoms with Gasteiger partial charge in [0.05, 0.1) is 0 Å². The second-order valence-corrected chi connectivity index (χ2v) is 1.34. The van der Waals surface area contributed by atoms with Gasteiger partial charge in [-0.05, 0) is 0 Å². The molecule has 1 heterocycles. The van der Waals surface area contributed by atoms with Crippen LogP contribution >= 0.6 is 0 Å². The van der Waals surface area contributed by atoms with E-state index in [1.54, 1.807) is 0 Å². The minimum Gasteiger partial charge on any atom is -0.286 e. The Labute approximate surface area is 49.4 Å². The van der Waals surface area contributed by atoms with Crippen LogP contribution in [0.3, 0.4) is 0 Å². The predicted octanol–water partition coefficient (Wildman–Crippen LogP) is -1.47. The molecule has 5 nitrogen and oxygen atoms in total. The molecular weight excluding hydrogens is 122 g/mol. The zero-order valence-electron chi connectivity index (χ0n) is 4.37. The van der Waals surface area contributed by atoms with Gasteiger partial charge < -0.3 is 0 Å². The van der Waals surface area contributed by atoms with E-state index in [4.69, 9.17) is 0 Å². The van der Waals surface area contributed by atoms with Crippen LogP contribution in [-0.2, 0) is 0 Å². The van der Waals surface area contributed by atoms with E-state index in [-0.39, 0.29) is 0 Å². The zero-order valence-corrected chi connectivity index (χ0v) is 4.37. The van der Waals surface area contributed by atoms with Gasteiger partial charge in [0.2, 0.25) is 0 Å². The molecule has 1 N–H and O–H groups in total. The fourth-order valence-electron chi connectivity index (χ4n) is 0.358. The number of hydrogen-bond donors (Lipinski definition) is 1. The molecule has 0 amide bonds. The second kappa shape index (κ2) is 2.17. The number of nitrogens with zero attached hydrogens (tertiary/aromatic N) is 2. The molecule has 0 spiro atoms. The molecule has 46 valence electrons. The Bertz CT molecular complexity index is 275. The Kier molecular flexibility index (Phi) is 1.35. The van der Waals surface area contributed by atoms with Crippen molar-refractivity contribution in [1.82, 2.24) is 15.2 Å². The average molecular weight is 125 g/mol. The average Bonchev–Trinajstić information content (AvgIpc) is 1.93. The van der Waals surface area contributed by atoms with Gasteiger partial charge in [-0.15, -0.1) is 0 Å². The second-order valence-electron chi connectivity index (χ2n) is 1.34. The summed E-state index contributed by atoms with van der Waals surface area (Å²) in [4.78, 5) is 22.6. The normalized spacial score (nSPS) is 8.89. The molecule has 1 aromatic heterocycles. The Balaban J connectivity index is 3.56. The van der Waals surface area contributed by atoms with Gasteiger partial charge in [-0.3, -0.25) is 14.6 Å². The van der Waals surface area contributed by atoms with Crippen molar-refractivity contribution in [3.05, 3.63) is 33.1 Å². The molecule has 9 heavy (non-hydrogen) atoms. The smallest absolute Gasteiger partial charge is 0.271 e. The summed E-state index contributed by atoms with van der Waals surface area (Å²) in [6, 6.07) is 0. The van der Waals surface area contributed by atoms with Gasteiger partial charge in [-0.1, -0.05) is 0 Å². The summed E-state index contributed by atoms with van der Waals surface area (Å²) in [5.74, 6) is 0. The van der Waals surface area contributed by atoms with Gasteiger partial charge in [0, 0.05) is 0 Å². The molecule has 0 aliphatic heterocycles. The Hall–Kier alpha value is -1.52. The lowest BCUT2D eigenvalue weighted by atomic mass is 10.8. The molecule has 0 aliphatic carbocycles. The van der Waals surface area contributed by atoms with Crippen LogP contribution in [0.1, 0.15) is 0 Å². The fourth-order valence-corrected chi connectivity index (χ4v) is 0.358. The summed E-state index contributed by atoms with van der Waals surface area (Å²) in [7, 11) is 0. The topological polar surface area (TPSA) is 75.7 Å². The maximum absolute atomic E-state index is 10.3. The fraction of sp³-hybridized carbons (Fsp3) is 0. The van der Waals surface area contributed by atoms with Crippen molar-refractivity contribution in [3.63, 3.8) is 0 Å². The highest BCUT2D eigenvalue weighted by Crippen LogP contribution is 1.45. The third-order valence-corrected chi connectivity index (χ3v) is 0.663.